The molecule has 0 spiro atoms. The van der Waals surface area contributed by atoms with E-state index in [9.17, 15) is 0 Å². The van der Waals surface area contributed by atoms with Crippen molar-refractivity contribution in [2.45, 2.75) is 19.9 Å². The fourth-order valence-electron chi connectivity index (χ4n) is 1.83. The standard InChI is InChI=1S/C14H17N3O/c1-3-18-13-7-5-4-6-11(13)14(15)12-8-9-16-10(2)17-12/h4-9,14H,3,15H2,1-2H3. The van der Waals surface area contributed by atoms with Crippen molar-refractivity contribution in [1.82, 2.24) is 9.97 Å². The molecule has 1 aromatic heterocycles. The Morgan fingerprint density at radius 1 is 1.28 bits per heavy atom. The van der Waals surface area contributed by atoms with Gasteiger partial charge in [-0.05, 0) is 26.0 Å². The first-order valence-corrected chi connectivity index (χ1v) is 5.99. The van der Waals surface area contributed by atoms with E-state index in [1.54, 1.807) is 6.20 Å². The largest absolute Gasteiger partial charge is 0.494 e. The van der Waals surface area contributed by atoms with Gasteiger partial charge in [0.05, 0.1) is 18.3 Å². The molecule has 0 saturated carbocycles. The van der Waals surface area contributed by atoms with Gasteiger partial charge in [0.1, 0.15) is 11.6 Å². The van der Waals surface area contributed by atoms with Crippen LogP contribution in [0.5, 0.6) is 5.75 Å². The third-order valence-electron chi connectivity index (χ3n) is 2.67. The Balaban J connectivity index is 2.36. The first-order chi connectivity index (χ1) is 8.72. The van der Waals surface area contributed by atoms with E-state index in [2.05, 4.69) is 9.97 Å². The van der Waals surface area contributed by atoms with E-state index < -0.39 is 0 Å². The summed E-state index contributed by atoms with van der Waals surface area (Å²) in [4.78, 5) is 8.44. The summed E-state index contributed by atoms with van der Waals surface area (Å²) in [6.45, 7) is 4.42. The Hall–Kier alpha value is -1.94. The normalized spacial score (nSPS) is 12.2. The number of nitrogens with two attached hydrogens (primary N) is 1. The zero-order valence-electron chi connectivity index (χ0n) is 10.6. The SMILES string of the molecule is CCOc1ccccc1C(N)c1ccnc(C)n1. The smallest absolute Gasteiger partial charge is 0.125 e. The van der Waals surface area contributed by atoms with Crippen LogP contribution in [0, 0.1) is 6.92 Å². The number of hydrogen-bond acceptors (Lipinski definition) is 4. The molecule has 4 heteroatoms. The highest BCUT2D eigenvalue weighted by Crippen LogP contribution is 2.27. The minimum Gasteiger partial charge on any atom is -0.494 e. The van der Waals surface area contributed by atoms with Gasteiger partial charge in [-0.25, -0.2) is 9.97 Å². The van der Waals surface area contributed by atoms with E-state index in [4.69, 9.17) is 10.5 Å². The average Bonchev–Trinajstić information content (AvgIpc) is 2.39. The molecule has 1 atom stereocenters. The van der Waals surface area contributed by atoms with Gasteiger partial charge in [-0.2, -0.15) is 0 Å². The Labute approximate surface area is 107 Å². The summed E-state index contributed by atoms with van der Waals surface area (Å²) < 4.78 is 5.59. The Morgan fingerprint density at radius 3 is 2.78 bits per heavy atom. The lowest BCUT2D eigenvalue weighted by Crippen LogP contribution is -2.15. The quantitative estimate of drug-likeness (QED) is 0.894. The van der Waals surface area contributed by atoms with Crippen molar-refractivity contribution < 1.29 is 4.74 Å². The molecule has 4 nitrogen and oxygen atoms in total. The molecule has 0 aliphatic heterocycles. The van der Waals surface area contributed by atoms with Gasteiger partial charge >= 0.3 is 0 Å². The number of nitrogens with zero attached hydrogens (tertiary/aromatic N) is 2. The predicted octanol–water partition coefficient (Wildman–Crippen LogP) is 2.23. The van der Waals surface area contributed by atoms with Crippen LogP contribution in [0.1, 0.15) is 30.0 Å². The minimum atomic E-state index is -0.297. The molecule has 18 heavy (non-hydrogen) atoms. The molecule has 0 fully saturated rings. The third-order valence-corrected chi connectivity index (χ3v) is 2.67. The van der Waals surface area contributed by atoms with Crippen LogP contribution < -0.4 is 10.5 Å². The second kappa shape index (κ2) is 5.60. The highest BCUT2D eigenvalue weighted by atomic mass is 16.5. The van der Waals surface area contributed by atoms with Crippen molar-refractivity contribution in [2.75, 3.05) is 6.61 Å². The van der Waals surface area contributed by atoms with Gasteiger partial charge in [-0.15, -0.1) is 0 Å². The molecular weight excluding hydrogens is 226 g/mol. The van der Waals surface area contributed by atoms with E-state index >= 15 is 0 Å². The molecule has 0 radical (unpaired) electrons. The first kappa shape index (κ1) is 12.5. The second-order valence-corrected chi connectivity index (χ2v) is 3.98. The van der Waals surface area contributed by atoms with Crippen LogP contribution in [-0.4, -0.2) is 16.6 Å². The van der Waals surface area contributed by atoms with Gasteiger partial charge in [-0.1, -0.05) is 18.2 Å². The van der Waals surface area contributed by atoms with Crippen molar-refractivity contribution in [2.24, 2.45) is 5.73 Å². The molecule has 0 saturated heterocycles. The molecule has 1 heterocycles. The van der Waals surface area contributed by atoms with Crippen molar-refractivity contribution in [3.63, 3.8) is 0 Å². The Morgan fingerprint density at radius 2 is 2.06 bits per heavy atom. The van der Waals surface area contributed by atoms with Crippen LogP contribution in [0.3, 0.4) is 0 Å². The number of aromatic nitrogens is 2. The molecule has 0 aliphatic rings. The fraction of sp³-hybridized carbons (Fsp3) is 0.286. The zero-order chi connectivity index (χ0) is 13.0. The monoisotopic (exact) mass is 243 g/mol. The third kappa shape index (κ3) is 2.65. The summed E-state index contributed by atoms with van der Waals surface area (Å²) in [6, 6.07) is 9.31. The average molecular weight is 243 g/mol. The van der Waals surface area contributed by atoms with E-state index in [1.165, 1.54) is 0 Å². The molecule has 0 amide bonds. The number of aryl methyl sites for hydroxylation is 1. The van der Waals surface area contributed by atoms with E-state index in [-0.39, 0.29) is 6.04 Å². The molecule has 2 N–H and O–H groups in total. The molecule has 1 aromatic carbocycles. The summed E-state index contributed by atoms with van der Waals surface area (Å²) in [7, 11) is 0. The van der Waals surface area contributed by atoms with Crippen molar-refractivity contribution in [3.05, 3.63) is 53.6 Å². The minimum absolute atomic E-state index is 0.297. The van der Waals surface area contributed by atoms with E-state index in [0.29, 0.717) is 6.61 Å². The van der Waals surface area contributed by atoms with Crippen LogP contribution in [0.2, 0.25) is 0 Å². The lowest BCUT2D eigenvalue weighted by Gasteiger charge is -2.16. The molecule has 2 aromatic rings. The topological polar surface area (TPSA) is 61.0 Å². The fourth-order valence-corrected chi connectivity index (χ4v) is 1.83. The number of para-hydroxylation sites is 1. The van der Waals surface area contributed by atoms with Crippen LogP contribution >= 0.6 is 0 Å². The lowest BCUT2D eigenvalue weighted by atomic mass is 10.0. The second-order valence-electron chi connectivity index (χ2n) is 3.98. The molecule has 0 aliphatic carbocycles. The maximum atomic E-state index is 6.25. The number of benzene rings is 1. The molecule has 0 bridgehead atoms. The Bertz CT molecular complexity index is 528. The molecule has 94 valence electrons. The number of hydrogen-bond donors (Lipinski definition) is 1. The first-order valence-electron chi connectivity index (χ1n) is 5.99. The van der Waals surface area contributed by atoms with Crippen LogP contribution in [-0.2, 0) is 0 Å². The van der Waals surface area contributed by atoms with Crippen LogP contribution in [0.4, 0.5) is 0 Å². The van der Waals surface area contributed by atoms with Gasteiger partial charge in [0.2, 0.25) is 0 Å². The number of rotatable bonds is 4. The van der Waals surface area contributed by atoms with Gasteiger partial charge in [0.25, 0.3) is 0 Å². The predicted molar refractivity (Wildman–Crippen MR) is 70.4 cm³/mol. The molecule has 2 rings (SSSR count). The summed E-state index contributed by atoms with van der Waals surface area (Å²) in [5.41, 5.74) is 7.99. The van der Waals surface area contributed by atoms with E-state index in [1.807, 2.05) is 44.2 Å². The maximum Gasteiger partial charge on any atom is 0.125 e. The number of ether oxygens (including phenoxy) is 1. The van der Waals surface area contributed by atoms with Gasteiger partial charge in [0, 0.05) is 11.8 Å². The molecule has 1 unspecified atom stereocenters. The van der Waals surface area contributed by atoms with Crippen LogP contribution in [0.25, 0.3) is 0 Å². The van der Waals surface area contributed by atoms with Gasteiger partial charge in [0.15, 0.2) is 0 Å². The van der Waals surface area contributed by atoms with E-state index in [0.717, 1.165) is 22.8 Å². The summed E-state index contributed by atoms with van der Waals surface area (Å²) in [5, 5.41) is 0. The lowest BCUT2D eigenvalue weighted by molar-refractivity contribution is 0.335. The zero-order valence-corrected chi connectivity index (χ0v) is 10.6. The van der Waals surface area contributed by atoms with Gasteiger partial charge < -0.3 is 10.5 Å². The van der Waals surface area contributed by atoms with Gasteiger partial charge in [-0.3, -0.25) is 0 Å². The highest BCUT2D eigenvalue weighted by molar-refractivity contribution is 5.39. The van der Waals surface area contributed by atoms with Crippen molar-refractivity contribution >= 4 is 0 Å². The maximum absolute atomic E-state index is 6.25. The van der Waals surface area contributed by atoms with Crippen molar-refractivity contribution in [3.8, 4) is 5.75 Å². The summed E-state index contributed by atoms with van der Waals surface area (Å²) in [6.07, 6.45) is 1.72. The van der Waals surface area contributed by atoms with Crippen molar-refractivity contribution in [1.29, 1.82) is 0 Å². The molecular formula is C14H17N3O. The Kier molecular flexibility index (Phi) is 3.89. The summed E-state index contributed by atoms with van der Waals surface area (Å²) in [5.74, 6) is 1.53. The summed E-state index contributed by atoms with van der Waals surface area (Å²) >= 11 is 0. The highest BCUT2D eigenvalue weighted by Gasteiger charge is 2.15. The van der Waals surface area contributed by atoms with Crippen LogP contribution in [0.15, 0.2) is 36.5 Å².